The SMILES string of the molecule is COc1cccc2[nH]cc(C(=O)OC3CC4CCC3C(C(=O)NC(=O)C3C5CCC(CC5OC(=O)c5c[nH]c6cccc(OC)c56)C3C(=O)NCCCN(C)C)C4C(=O)NCCCN(C)C)c12. The minimum Gasteiger partial charge on any atom is -0.496 e. The predicted octanol–water partition coefficient (Wildman–Crippen LogP) is 4.52. The van der Waals surface area contributed by atoms with Gasteiger partial charge in [-0.15, -0.1) is 0 Å². The van der Waals surface area contributed by atoms with Crippen LogP contribution in [-0.4, -0.2) is 136 Å². The number of methoxy groups -OCH3 is 2. The molecule has 6 fully saturated rings. The lowest BCUT2D eigenvalue weighted by Gasteiger charge is -2.51. The van der Waals surface area contributed by atoms with Gasteiger partial charge in [0.25, 0.3) is 0 Å². The Hall–Kier alpha value is -5.94. The average Bonchev–Trinajstić information content (AvgIpc) is 3.97. The number of esters is 2. The summed E-state index contributed by atoms with van der Waals surface area (Å²) in [7, 11) is 10.9. The molecule has 17 nitrogen and oxygen atoms in total. The van der Waals surface area contributed by atoms with Crippen LogP contribution in [0.4, 0.5) is 0 Å². The molecule has 360 valence electrons. The number of fused-ring (bicyclic) bond motifs is 8. The first-order chi connectivity index (χ1) is 32.3. The van der Waals surface area contributed by atoms with E-state index in [4.69, 9.17) is 18.9 Å². The van der Waals surface area contributed by atoms with Gasteiger partial charge in [-0.2, -0.15) is 0 Å². The number of nitrogens with zero attached hydrogens (tertiary/aromatic N) is 2. The van der Waals surface area contributed by atoms with Crippen LogP contribution in [0.3, 0.4) is 0 Å². The van der Waals surface area contributed by atoms with Crippen molar-refractivity contribution in [1.82, 2.24) is 35.7 Å². The van der Waals surface area contributed by atoms with Gasteiger partial charge in [-0.3, -0.25) is 24.5 Å². The molecule has 6 saturated carbocycles. The molecule has 2 aromatic carbocycles. The van der Waals surface area contributed by atoms with Crippen molar-refractivity contribution >= 4 is 57.4 Å². The summed E-state index contributed by atoms with van der Waals surface area (Å²) in [4.78, 5) is 96.6. The fraction of sp³-hybridized carbons (Fsp3) is 0.560. The number of benzene rings is 2. The highest BCUT2D eigenvalue weighted by Crippen LogP contribution is 2.53. The lowest BCUT2D eigenvalue weighted by Crippen LogP contribution is -2.61. The maximum Gasteiger partial charge on any atom is 0.340 e. The number of rotatable bonds is 18. The van der Waals surface area contributed by atoms with Crippen LogP contribution < -0.4 is 25.4 Å². The van der Waals surface area contributed by atoms with Gasteiger partial charge >= 0.3 is 11.9 Å². The third-order valence-corrected chi connectivity index (χ3v) is 14.8. The number of carbonyl (C=O) groups is 6. The lowest BCUT2D eigenvalue weighted by atomic mass is 9.56. The zero-order valence-electron chi connectivity index (χ0n) is 39.4. The number of carbonyl (C=O) groups excluding carboxylic acids is 6. The molecule has 0 aliphatic heterocycles. The van der Waals surface area contributed by atoms with Crippen molar-refractivity contribution in [2.75, 3.05) is 68.6 Å². The molecule has 0 spiro atoms. The number of imide groups is 1. The molecule has 4 amide bonds. The van der Waals surface area contributed by atoms with E-state index in [1.165, 1.54) is 14.2 Å². The smallest absolute Gasteiger partial charge is 0.340 e. The number of ether oxygens (including phenoxy) is 4. The van der Waals surface area contributed by atoms with Crippen molar-refractivity contribution in [2.24, 2.45) is 47.3 Å². The number of aromatic amines is 2. The zero-order chi connectivity index (χ0) is 47.5. The molecule has 10 rings (SSSR count). The van der Waals surface area contributed by atoms with Gasteiger partial charge in [-0.05, 0) is 129 Å². The predicted molar refractivity (Wildman–Crippen MR) is 249 cm³/mol. The summed E-state index contributed by atoms with van der Waals surface area (Å²) < 4.78 is 23.7. The molecule has 4 bridgehead atoms. The van der Waals surface area contributed by atoms with Gasteiger partial charge < -0.3 is 49.3 Å². The van der Waals surface area contributed by atoms with E-state index in [9.17, 15) is 28.8 Å². The van der Waals surface area contributed by atoms with E-state index in [0.717, 1.165) is 13.1 Å². The molecule has 4 aromatic rings. The normalized spacial score (nSPS) is 26.4. The second-order valence-corrected chi connectivity index (χ2v) is 19.4. The van der Waals surface area contributed by atoms with E-state index < -0.39 is 71.5 Å². The van der Waals surface area contributed by atoms with Crippen LogP contribution in [0.5, 0.6) is 11.5 Å². The highest BCUT2D eigenvalue weighted by molar-refractivity contribution is 6.08. The molecular formula is C50H65N7O10. The Morgan fingerprint density at radius 3 is 1.39 bits per heavy atom. The van der Waals surface area contributed by atoms with Crippen LogP contribution in [0, 0.1) is 47.3 Å². The summed E-state index contributed by atoms with van der Waals surface area (Å²) >= 11 is 0. The molecule has 2 heterocycles. The quantitative estimate of drug-likeness (QED) is 0.0530. The zero-order valence-corrected chi connectivity index (χ0v) is 39.4. The van der Waals surface area contributed by atoms with Crippen LogP contribution in [0.2, 0.25) is 0 Å². The monoisotopic (exact) mass is 923 g/mol. The van der Waals surface area contributed by atoms with Crippen molar-refractivity contribution < 1.29 is 47.7 Å². The summed E-state index contributed by atoms with van der Waals surface area (Å²) in [6.45, 7) is 2.32. The second kappa shape index (κ2) is 20.5. The Morgan fingerprint density at radius 1 is 0.582 bits per heavy atom. The molecule has 0 saturated heterocycles. The number of aromatic nitrogens is 2. The Kier molecular flexibility index (Phi) is 14.6. The molecule has 6 aliphatic rings. The van der Waals surface area contributed by atoms with Crippen molar-refractivity contribution in [2.45, 2.75) is 63.6 Å². The van der Waals surface area contributed by atoms with Gasteiger partial charge in [0.15, 0.2) is 0 Å². The molecular weight excluding hydrogens is 859 g/mol. The Bertz CT molecular complexity index is 2310. The molecule has 2 aromatic heterocycles. The summed E-state index contributed by atoms with van der Waals surface area (Å²) in [5, 5.41) is 10.0. The number of hydrogen-bond donors (Lipinski definition) is 5. The van der Waals surface area contributed by atoms with E-state index in [0.29, 0.717) is 97.8 Å². The van der Waals surface area contributed by atoms with Gasteiger partial charge in [0.05, 0.1) is 70.8 Å². The second-order valence-electron chi connectivity index (χ2n) is 19.4. The highest BCUT2D eigenvalue weighted by Gasteiger charge is 2.58. The van der Waals surface area contributed by atoms with Crippen LogP contribution in [-0.2, 0) is 28.7 Å². The van der Waals surface area contributed by atoms with E-state index in [1.807, 2.05) is 62.3 Å². The van der Waals surface area contributed by atoms with E-state index in [1.54, 1.807) is 24.5 Å². The van der Waals surface area contributed by atoms with Gasteiger partial charge in [-0.25, -0.2) is 9.59 Å². The third-order valence-electron chi connectivity index (χ3n) is 14.8. The molecule has 6 aliphatic carbocycles. The first kappa shape index (κ1) is 47.5. The van der Waals surface area contributed by atoms with Gasteiger partial charge in [0.2, 0.25) is 23.6 Å². The van der Waals surface area contributed by atoms with E-state index in [-0.39, 0.29) is 34.8 Å². The van der Waals surface area contributed by atoms with E-state index in [2.05, 4.69) is 25.9 Å². The van der Waals surface area contributed by atoms with Gasteiger partial charge in [-0.1, -0.05) is 12.1 Å². The van der Waals surface area contributed by atoms with Crippen LogP contribution in [0.1, 0.15) is 72.1 Å². The fourth-order valence-electron chi connectivity index (χ4n) is 11.8. The van der Waals surface area contributed by atoms with Crippen molar-refractivity contribution in [3.8, 4) is 11.5 Å². The standard InChI is InChI=1S/C50H65N7O10/c1-56(2)21-9-19-51-45(58)39-27-15-17-29(37(23-27)66-49(62)31-25-53-33-11-7-13-35(64-5)41(31)33)43(39)47(60)55-48(61)44-30-18-16-28(40(44)46(59)52-20-10-22-57(3)4)24-38(30)67-50(63)32-26-54-34-12-8-14-36(65-6)42(32)34/h7-8,11-14,25-30,37-40,43-44,53-54H,9-10,15-24H2,1-6H3,(H,51,58)(H,52,59)(H,55,60,61). The number of hydrogen-bond acceptors (Lipinski definition) is 12. The average molecular weight is 924 g/mol. The number of nitrogens with one attached hydrogen (secondary N) is 5. The summed E-state index contributed by atoms with van der Waals surface area (Å²) in [5.74, 6) is -7.36. The largest absolute Gasteiger partial charge is 0.496 e. The maximum absolute atomic E-state index is 15.0. The van der Waals surface area contributed by atoms with Crippen LogP contribution >= 0.6 is 0 Å². The minimum absolute atomic E-state index is 0.278. The molecule has 10 atom stereocenters. The topological polar surface area (TPSA) is 213 Å². The number of H-pyrrole nitrogens is 2. The molecule has 10 unspecified atom stereocenters. The van der Waals surface area contributed by atoms with E-state index >= 15 is 0 Å². The van der Waals surface area contributed by atoms with Crippen molar-refractivity contribution in [3.05, 3.63) is 59.9 Å². The first-order valence-corrected chi connectivity index (χ1v) is 23.7. The Balaban J connectivity index is 1.06. The Labute approximate surface area is 390 Å². The van der Waals surface area contributed by atoms with Gasteiger partial charge in [0, 0.05) is 37.3 Å². The third kappa shape index (κ3) is 9.76. The summed E-state index contributed by atoms with van der Waals surface area (Å²) in [5.41, 5.74) is 1.98. The summed E-state index contributed by atoms with van der Waals surface area (Å²) in [6, 6.07) is 10.8. The van der Waals surface area contributed by atoms with Crippen molar-refractivity contribution in [1.29, 1.82) is 0 Å². The molecule has 0 radical (unpaired) electrons. The number of amides is 4. The van der Waals surface area contributed by atoms with Crippen LogP contribution in [0.15, 0.2) is 48.8 Å². The molecule has 5 N–H and O–H groups in total. The van der Waals surface area contributed by atoms with Crippen LogP contribution in [0.25, 0.3) is 21.8 Å². The van der Waals surface area contributed by atoms with Crippen molar-refractivity contribution in [3.63, 3.8) is 0 Å². The lowest BCUT2D eigenvalue weighted by molar-refractivity contribution is -0.162. The van der Waals surface area contributed by atoms with Gasteiger partial charge in [0.1, 0.15) is 23.7 Å². The Morgan fingerprint density at radius 2 is 1.00 bits per heavy atom. The minimum atomic E-state index is -1.01. The summed E-state index contributed by atoms with van der Waals surface area (Å²) in [6.07, 6.45) is 6.17. The maximum atomic E-state index is 15.0. The molecule has 17 heteroatoms. The fourth-order valence-corrected chi connectivity index (χ4v) is 11.8. The highest BCUT2D eigenvalue weighted by atomic mass is 16.5. The molecule has 67 heavy (non-hydrogen) atoms. The first-order valence-electron chi connectivity index (χ1n) is 23.7.